The highest BCUT2D eigenvalue weighted by molar-refractivity contribution is 6.31. The molecule has 0 fully saturated rings. The Morgan fingerprint density at radius 1 is 1.29 bits per heavy atom. The summed E-state index contributed by atoms with van der Waals surface area (Å²) in [6.45, 7) is 2.20. The lowest BCUT2D eigenvalue weighted by Crippen LogP contribution is -2.25. The van der Waals surface area contributed by atoms with E-state index in [4.69, 9.17) is 31.5 Å². The zero-order valence-corrected chi connectivity index (χ0v) is 10.8. The number of rotatable bonds is 7. The molecule has 0 radical (unpaired) electrons. The van der Waals surface area contributed by atoms with Crippen molar-refractivity contribution < 1.29 is 14.2 Å². The molecule has 96 valence electrons. The van der Waals surface area contributed by atoms with Crippen molar-refractivity contribution in [3.8, 4) is 0 Å². The van der Waals surface area contributed by atoms with Gasteiger partial charge in [0.05, 0.1) is 12.8 Å². The van der Waals surface area contributed by atoms with Gasteiger partial charge in [0.15, 0.2) is 0 Å². The second-order valence-electron chi connectivity index (χ2n) is 3.55. The average molecular weight is 260 g/mol. The van der Waals surface area contributed by atoms with Crippen LogP contribution in [0.25, 0.3) is 0 Å². The summed E-state index contributed by atoms with van der Waals surface area (Å²) in [7, 11) is 1.57. The average Bonchev–Trinajstić information content (AvgIpc) is 2.32. The summed E-state index contributed by atoms with van der Waals surface area (Å²) in [5.41, 5.74) is 6.24. The molecule has 1 aromatic rings. The van der Waals surface area contributed by atoms with Crippen molar-refractivity contribution in [2.24, 2.45) is 5.73 Å². The van der Waals surface area contributed by atoms with E-state index >= 15 is 0 Å². The normalized spacial score (nSPS) is 14.6. The first-order chi connectivity index (χ1) is 8.20. The molecular weight excluding hydrogens is 242 g/mol. The second kappa shape index (κ2) is 7.63. The van der Waals surface area contributed by atoms with Crippen LogP contribution in [0.2, 0.25) is 5.02 Å². The van der Waals surface area contributed by atoms with Gasteiger partial charge < -0.3 is 19.9 Å². The maximum atomic E-state index is 6.13. The molecule has 5 heteroatoms. The summed E-state index contributed by atoms with van der Waals surface area (Å²) >= 11 is 6.13. The van der Waals surface area contributed by atoms with Crippen molar-refractivity contribution in [3.05, 3.63) is 34.9 Å². The van der Waals surface area contributed by atoms with Gasteiger partial charge in [-0.25, -0.2) is 0 Å². The zero-order valence-electron chi connectivity index (χ0n) is 10.1. The van der Waals surface area contributed by atoms with Crippen LogP contribution in [0.15, 0.2) is 24.3 Å². The molecule has 1 rings (SSSR count). The molecule has 2 atom stereocenters. The standard InChI is InChI=1S/C12H18ClNO3/c1-9(16-7-14)12(17-8-15-2)10-5-3-4-6-11(10)13/h3-6,9,12H,7-8,14H2,1-2H3. The van der Waals surface area contributed by atoms with Gasteiger partial charge in [0.25, 0.3) is 0 Å². The van der Waals surface area contributed by atoms with Crippen molar-refractivity contribution in [3.63, 3.8) is 0 Å². The third-order valence-electron chi connectivity index (χ3n) is 2.36. The molecule has 0 aliphatic rings. The second-order valence-corrected chi connectivity index (χ2v) is 3.96. The summed E-state index contributed by atoms with van der Waals surface area (Å²) in [6, 6.07) is 7.49. The Labute approximate surface area is 107 Å². The molecule has 0 amide bonds. The summed E-state index contributed by atoms with van der Waals surface area (Å²) in [5.74, 6) is 0. The highest BCUT2D eigenvalue weighted by atomic mass is 35.5. The van der Waals surface area contributed by atoms with E-state index < -0.39 is 0 Å². The summed E-state index contributed by atoms with van der Waals surface area (Å²) in [5, 5.41) is 0.640. The lowest BCUT2D eigenvalue weighted by molar-refractivity contribution is -0.125. The first-order valence-electron chi connectivity index (χ1n) is 5.37. The number of hydrogen-bond acceptors (Lipinski definition) is 4. The van der Waals surface area contributed by atoms with Crippen molar-refractivity contribution in [1.29, 1.82) is 0 Å². The molecule has 4 nitrogen and oxygen atoms in total. The lowest BCUT2D eigenvalue weighted by Gasteiger charge is -2.24. The minimum absolute atomic E-state index is 0.137. The van der Waals surface area contributed by atoms with Gasteiger partial charge in [-0.1, -0.05) is 29.8 Å². The molecule has 0 saturated carbocycles. The molecule has 2 N–H and O–H groups in total. The van der Waals surface area contributed by atoms with Crippen LogP contribution in [-0.4, -0.2) is 26.7 Å². The van der Waals surface area contributed by atoms with E-state index in [1.807, 2.05) is 31.2 Å². The van der Waals surface area contributed by atoms with Gasteiger partial charge in [-0.2, -0.15) is 0 Å². The van der Waals surface area contributed by atoms with E-state index in [0.717, 1.165) is 5.56 Å². The first kappa shape index (κ1) is 14.4. The van der Waals surface area contributed by atoms with Crippen LogP contribution >= 0.6 is 11.6 Å². The van der Waals surface area contributed by atoms with Crippen molar-refractivity contribution in [2.75, 3.05) is 20.6 Å². The van der Waals surface area contributed by atoms with E-state index in [1.54, 1.807) is 7.11 Å². The van der Waals surface area contributed by atoms with E-state index in [-0.39, 0.29) is 25.7 Å². The predicted octanol–water partition coefficient (Wildman–Crippen LogP) is 2.32. The fourth-order valence-electron chi connectivity index (χ4n) is 1.56. The van der Waals surface area contributed by atoms with Crippen LogP contribution in [-0.2, 0) is 14.2 Å². The fourth-order valence-corrected chi connectivity index (χ4v) is 1.81. The third-order valence-corrected chi connectivity index (χ3v) is 2.71. The monoisotopic (exact) mass is 259 g/mol. The predicted molar refractivity (Wildman–Crippen MR) is 66.8 cm³/mol. The molecule has 0 aliphatic carbocycles. The number of halogens is 1. The minimum atomic E-state index is -0.299. The van der Waals surface area contributed by atoms with Crippen LogP contribution in [0.5, 0.6) is 0 Å². The Morgan fingerprint density at radius 2 is 2.00 bits per heavy atom. The molecule has 0 aromatic heterocycles. The number of ether oxygens (including phenoxy) is 3. The van der Waals surface area contributed by atoms with Crippen LogP contribution in [0.3, 0.4) is 0 Å². The van der Waals surface area contributed by atoms with E-state index in [2.05, 4.69) is 0 Å². The first-order valence-corrected chi connectivity index (χ1v) is 5.75. The SMILES string of the molecule is COCOC(c1ccccc1Cl)C(C)OCN. The zero-order chi connectivity index (χ0) is 12.7. The molecule has 17 heavy (non-hydrogen) atoms. The quantitative estimate of drug-likeness (QED) is 0.764. The number of methoxy groups -OCH3 is 1. The summed E-state index contributed by atoms with van der Waals surface area (Å²) in [4.78, 5) is 0. The number of benzene rings is 1. The summed E-state index contributed by atoms with van der Waals surface area (Å²) < 4.78 is 15.8. The fraction of sp³-hybridized carbons (Fsp3) is 0.500. The molecular formula is C12H18ClNO3. The van der Waals surface area contributed by atoms with Gasteiger partial charge >= 0.3 is 0 Å². The maximum Gasteiger partial charge on any atom is 0.147 e. The molecule has 0 aliphatic heterocycles. The van der Waals surface area contributed by atoms with E-state index in [1.165, 1.54) is 0 Å². The molecule has 0 bridgehead atoms. The number of nitrogens with two attached hydrogens (primary N) is 1. The Morgan fingerprint density at radius 3 is 2.59 bits per heavy atom. The maximum absolute atomic E-state index is 6.13. The highest BCUT2D eigenvalue weighted by Gasteiger charge is 2.22. The molecule has 2 unspecified atom stereocenters. The van der Waals surface area contributed by atoms with Gasteiger partial charge in [-0.05, 0) is 13.0 Å². The van der Waals surface area contributed by atoms with Crippen LogP contribution < -0.4 is 5.73 Å². The van der Waals surface area contributed by atoms with Gasteiger partial charge in [0.2, 0.25) is 0 Å². The van der Waals surface area contributed by atoms with Crippen LogP contribution in [0.1, 0.15) is 18.6 Å². The third kappa shape index (κ3) is 4.26. The Bertz CT molecular complexity index is 335. The molecule has 0 heterocycles. The van der Waals surface area contributed by atoms with Gasteiger partial charge in [0, 0.05) is 17.7 Å². The highest BCUT2D eigenvalue weighted by Crippen LogP contribution is 2.29. The van der Waals surface area contributed by atoms with Gasteiger partial charge in [-0.15, -0.1) is 0 Å². The van der Waals surface area contributed by atoms with E-state index in [9.17, 15) is 0 Å². The smallest absolute Gasteiger partial charge is 0.147 e. The largest absolute Gasteiger partial charge is 0.361 e. The topological polar surface area (TPSA) is 53.7 Å². The van der Waals surface area contributed by atoms with Gasteiger partial charge in [0.1, 0.15) is 12.9 Å². The van der Waals surface area contributed by atoms with Crippen LogP contribution in [0.4, 0.5) is 0 Å². The Kier molecular flexibility index (Phi) is 6.47. The molecule has 1 aromatic carbocycles. The molecule has 0 spiro atoms. The van der Waals surface area contributed by atoms with Crippen LogP contribution in [0, 0.1) is 0 Å². The Hall–Kier alpha value is -0.650. The lowest BCUT2D eigenvalue weighted by atomic mass is 10.1. The molecule has 0 saturated heterocycles. The summed E-state index contributed by atoms with van der Waals surface area (Å²) in [6.07, 6.45) is -0.498. The van der Waals surface area contributed by atoms with Crippen molar-refractivity contribution in [2.45, 2.75) is 19.1 Å². The number of hydrogen-bond donors (Lipinski definition) is 1. The van der Waals surface area contributed by atoms with E-state index in [0.29, 0.717) is 5.02 Å². The Balaban J connectivity index is 2.85. The van der Waals surface area contributed by atoms with Crippen molar-refractivity contribution in [1.82, 2.24) is 0 Å². The minimum Gasteiger partial charge on any atom is -0.361 e. The van der Waals surface area contributed by atoms with Gasteiger partial charge in [-0.3, -0.25) is 0 Å². The van der Waals surface area contributed by atoms with Crippen molar-refractivity contribution >= 4 is 11.6 Å².